The molecule has 116 valence electrons. The van der Waals surface area contributed by atoms with Gasteiger partial charge in [-0.15, -0.1) is 0 Å². The van der Waals surface area contributed by atoms with E-state index in [0.29, 0.717) is 43.1 Å². The average Bonchev–Trinajstić information content (AvgIpc) is 2.32. The summed E-state index contributed by atoms with van der Waals surface area (Å²) >= 11 is 0. The fourth-order valence-corrected chi connectivity index (χ4v) is 3.36. The van der Waals surface area contributed by atoms with Crippen molar-refractivity contribution in [3.05, 3.63) is 0 Å². The molecule has 0 heterocycles. The van der Waals surface area contributed by atoms with Crippen LogP contribution in [0.4, 0.5) is 0 Å². The summed E-state index contributed by atoms with van der Waals surface area (Å²) in [6.07, 6.45) is 1.31. The first-order valence-corrected chi connectivity index (χ1v) is 7.51. The highest BCUT2D eigenvalue weighted by Gasteiger charge is 2.52. The highest BCUT2D eigenvalue weighted by molar-refractivity contribution is 6.07. The predicted octanol–water partition coefficient (Wildman–Crippen LogP) is 2.19. The second-order valence-corrected chi connectivity index (χ2v) is 6.94. The molecule has 0 aromatic carbocycles. The van der Waals surface area contributed by atoms with E-state index >= 15 is 0 Å². The quantitative estimate of drug-likeness (QED) is 0.302. The topological polar surface area (TPSA) is 87.7 Å². The number of nitrogens with one attached hydrogen (secondary N) is 1. The summed E-state index contributed by atoms with van der Waals surface area (Å²) in [5.41, 5.74) is 4.94. The van der Waals surface area contributed by atoms with Gasteiger partial charge < -0.3 is 16.3 Å². The van der Waals surface area contributed by atoms with Gasteiger partial charge in [-0.1, -0.05) is 39.8 Å². The van der Waals surface area contributed by atoms with Crippen molar-refractivity contribution in [2.24, 2.45) is 40.0 Å². The van der Waals surface area contributed by atoms with Gasteiger partial charge in [-0.3, -0.25) is 4.79 Å². The van der Waals surface area contributed by atoms with Gasteiger partial charge in [-0.2, -0.15) is 0 Å². The lowest BCUT2D eigenvalue weighted by Crippen LogP contribution is -2.57. The van der Waals surface area contributed by atoms with Crippen LogP contribution in [0.15, 0.2) is 5.16 Å². The van der Waals surface area contributed by atoms with Gasteiger partial charge in [0.1, 0.15) is 5.41 Å². The maximum absolute atomic E-state index is 12.5. The molecule has 4 N–H and O–H groups in total. The van der Waals surface area contributed by atoms with E-state index in [1.807, 2.05) is 0 Å². The lowest BCUT2D eigenvalue weighted by Gasteiger charge is -2.44. The monoisotopic (exact) mass is 283 g/mol. The van der Waals surface area contributed by atoms with E-state index in [1.54, 1.807) is 0 Å². The molecule has 0 radical (unpaired) electrons. The largest absolute Gasteiger partial charge is 0.409 e. The van der Waals surface area contributed by atoms with Crippen molar-refractivity contribution in [2.75, 3.05) is 6.54 Å². The molecule has 0 atom stereocenters. The van der Waals surface area contributed by atoms with E-state index in [4.69, 9.17) is 10.9 Å². The van der Waals surface area contributed by atoms with Gasteiger partial charge in [0.15, 0.2) is 5.84 Å². The molecule has 0 aromatic heterocycles. The van der Waals surface area contributed by atoms with E-state index < -0.39 is 5.41 Å². The minimum Gasteiger partial charge on any atom is -0.409 e. The summed E-state index contributed by atoms with van der Waals surface area (Å²) in [6, 6.07) is 0. The first-order chi connectivity index (χ1) is 9.24. The van der Waals surface area contributed by atoms with Crippen molar-refractivity contribution < 1.29 is 10.0 Å². The van der Waals surface area contributed by atoms with Crippen LogP contribution in [0.1, 0.15) is 47.5 Å². The highest BCUT2D eigenvalue weighted by Crippen LogP contribution is 2.45. The molecule has 1 aliphatic rings. The number of carbonyl (C=O) groups is 1. The Labute approximate surface area is 122 Å². The Morgan fingerprint density at radius 2 is 1.85 bits per heavy atom. The van der Waals surface area contributed by atoms with Crippen molar-refractivity contribution in [2.45, 2.75) is 47.5 Å². The summed E-state index contributed by atoms with van der Waals surface area (Å²) < 4.78 is 0. The molecule has 20 heavy (non-hydrogen) atoms. The Bertz CT molecular complexity index is 363. The van der Waals surface area contributed by atoms with Gasteiger partial charge in [-0.05, 0) is 36.5 Å². The predicted molar refractivity (Wildman–Crippen MR) is 80.4 cm³/mol. The van der Waals surface area contributed by atoms with Crippen molar-refractivity contribution in [1.29, 1.82) is 0 Å². The molecule has 5 nitrogen and oxygen atoms in total. The lowest BCUT2D eigenvalue weighted by molar-refractivity contribution is -0.133. The third-order valence-corrected chi connectivity index (χ3v) is 4.64. The number of nitrogens with two attached hydrogens (primary N) is 1. The van der Waals surface area contributed by atoms with Crippen LogP contribution < -0.4 is 11.1 Å². The molecule has 1 saturated carbocycles. The van der Waals surface area contributed by atoms with Crippen LogP contribution in [-0.2, 0) is 4.79 Å². The van der Waals surface area contributed by atoms with Crippen LogP contribution >= 0.6 is 0 Å². The van der Waals surface area contributed by atoms with Crippen LogP contribution in [0.3, 0.4) is 0 Å². The van der Waals surface area contributed by atoms with Crippen LogP contribution in [0, 0.1) is 29.1 Å². The molecule has 1 fully saturated rings. The molecule has 1 aliphatic carbocycles. The number of nitrogens with zero attached hydrogens (tertiary/aromatic N) is 1. The fourth-order valence-electron chi connectivity index (χ4n) is 3.36. The molecule has 5 heteroatoms. The fraction of sp³-hybridized carbons (Fsp3) is 0.867. The van der Waals surface area contributed by atoms with E-state index in [-0.39, 0.29) is 11.7 Å². The van der Waals surface area contributed by atoms with Gasteiger partial charge in [0.2, 0.25) is 5.91 Å². The number of amides is 1. The number of rotatable bonds is 6. The maximum atomic E-state index is 12.5. The summed E-state index contributed by atoms with van der Waals surface area (Å²) in [5.74, 6) is 1.83. The van der Waals surface area contributed by atoms with Gasteiger partial charge >= 0.3 is 0 Å². The smallest absolute Gasteiger partial charge is 0.233 e. The molecule has 0 unspecified atom stereocenters. The number of hydrogen-bond donors (Lipinski definition) is 3. The van der Waals surface area contributed by atoms with E-state index in [0.717, 1.165) is 0 Å². The average molecular weight is 283 g/mol. The summed E-state index contributed by atoms with van der Waals surface area (Å²) in [5, 5.41) is 15.0. The first-order valence-electron chi connectivity index (χ1n) is 7.51. The minimum atomic E-state index is -0.799. The number of hydrogen-bond acceptors (Lipinski definition) is 3. The third kappa shape index (κ3) is 3.25. The van der Waals surface area contributed by atoms with E-state index in [2.05, 4.69) is 45.1 Å². The minimum absolute atomic E-state index is 0.0405. The van der Waals surface area contributed by atoms with Crippen LogP contribution in [-0.4, -0.2) is 23.5 Å². The number of carbonyl (C=O) groups excluding carboxylic acids is 1. The van der Waals surface area contributed by atoms with E-state index in [1.165, 1.54) is 0 Å². The molecule has 1 amide bonds. The van der Waals surface area contributed by atoms with Gasteiger partial charge in [0.05, 0.1) is 0 Å². The Balaban J connectivity index is 2.69. The summed E-state index contributed by atoms with van der Waals surface area (Å²) in [4.78, 5) is 12.5. The van der Waals surface area contributed by atoms with Crippen molar-refractivity contribution in [1.82, 2.24) is 5.32 Å². The second kappa shape index (κ2) is 6.46. The zero-order valence-corrected chi connectivity index (χ0v) is 13.3. The Kier molecular flexibility index (Phi) is 5.42. The molecule has 0 saturated heterocycles. The van der Waals surface area contributed by atoms with Crippen molar-refractivity contribution in [3.63, 3.8) is 0 Å². The Hall–Kier alpha value is -1.26. The second-order valence-electron chi connectivity index (χ2n) is 6.94. The van der Waals surface area contributed by atoms with Crippen molar-refractivity contribution >= 4 is 11.7 Å². The van der Waals surface area contributed by atoms with Gasteiger partial charge in [-0.25, -0.2) is 0 Å². The molecule has 0 spiro atoms. The van der Waals surface area contributed by atoms with Crippen molar-refractivity contribution in [3.8, 4) is 0 Å². The third-order valence-electron chi connectivity index (χ3n) is 4.64. The summed E-state index contributed by atoms with van der Waals surface area (Å²) in [6.45, 7) is 11.4. The molecular formula is C15H29N3O2. The van der Waals surface area contributed by atoms with Crippen LogP contribution in [0.5, 0.6) is 0 Å². The SMILES string of the molecule is CC1CC(C(=O)NCC(C(C)C)C(C)C)(C(N)=NO)C1. The molecule has 0 aromatic rings. The first kappa shape index (κ1) is 16.8. The van der Waals surface area contributed by atoms with Gasteiger partial charge in [0.25, 0.3) is 0 Å². The maximum Gasteiger partial charge on any atom is 0.233 e. The lowest BCUT2D eigenvalue weighted by atomic mass is 9.61. The Morgan fingerprint density at radius 1 is 1.35 bits per heavy atom. The van der Waals surface area contributed by atoms with Crippen LogP contribution in [0.2, 0.25) is 0 Å². The van der Waals surface area contributed by atoms with E-state index in [9.17, 15) is 4.79 Å². The molecule has 0 bridgehead atoms. The number of amidine groups is 1. The highest BCUT2D eigenvalue weighted by atomic mass is 16.4. The summed E-state index contributed by atoms with van der Waals surface area (Å²) in [7, 11) is 0. The molecule has 1 rings (SSSR count). The Morgan fingerprint density at radius 3 is 2.20 bits per heavy atom. The van der Waals surface area contributed by atoms with Gasteiger partial charge in [0, 0.05) is 6.54 Å². The molecular weight excluding hydrogens is 254 g/mol. The normalized spacial score (nSPS) is 27.0. The standard InChI is InChI=1S/C15H29N3O2/c1-9(2)12(10(3)4)8-17-14(19)15(13(16)18-20)6-11(5)7-15/h9-12,20H,6-8H2,1-5H3,(H2,16,18)(H,17,19). The zero-order valence-electron chi connectivity index (χ0n) is 13.3. The molecule has 0 aliphatic heterocycles. The van der Waals surface area contributed by atoms with Crippen LogP contribution in [0.25, 0.3) is 0 Å². The number of oxime groups is 1. The zero-order chi connectivity index (χ0) is 15.5.